The van der Waals surface area contributed by atoms with Gasteiger partial charge in [-0.1, -0.05) is 13.3 Å². The second-order valence-corrected chi connectivity index (χ2v) is 4.19. The van der Waals surface area contributed by atoms with Crippen LogP contribution in [-0.4, -0.2) is 32.9 Å². The van der Waals surface area contributed by atoms with Crippen LogP contribution in [0, 0.1) is 0 Å². The van der Waals surface area contributed by atoms with Crippen molar-refractivity contribution < 1.29 is 4.79 Å². The monoisotopic (exact) mass is 222 g/mol. The number of hydrogen-bond acceptors (Lipinski definition) is 3. The molecule has 1 aromatic rings. The van der Waals surface area contributed by atoms with E-state index in [1.165, 1.54) is 0 Å². The molecule has 2 heterocycles. The Balaban J connectivity index is 2.00. The predicted molar refractivity (Wildman–Crippen MR) is 60.5 cm³/mol. The van der Waals surface area contributed by atoms with Crippen molar-refractivity contribution in [2.45, 2.75) is 38.9 Å². The maximum atomic E-state index is 12.0. The molecule has 0 aromatic carbocycles. The average molecular weight is 222 g/mol. The summed E-state index contributed by atoms with van der Waals surface area (Å²) in [6.07, 6.45) is 5.41. The van der Waals surface area contributed by atoms with Gasteiger partial charge in [-0.25, -0.2) is 4.98 Å². The number of nitrogens with zero attached hydrogens (tertiary/aromatic N) is 3. The highest BCUT2D eigenvalue weighted by molar-refractivity contribution is 5.81. The molecular formula is C11H18N4O. The lowest BCUT2D eigenvalue weighted by Crippen LogP contribution is -2.46. The Labute approximate surface area is 95.2 Å². The van der Waals surface area contributed by atoms with Crippen LogP contribution < -0.4 is 5.73 Å². The highest BCUT2D eigenvalue weighted by atomic mass is 16.2. The van der Waals surface area contributed by atoms with Crippen LogP contribution in [0.2, 0.25) is 0 Å². The summed E-state index contributed by atoms with van der Waals surface area (Å²) in [6, 6.07) is -0.355. The summed E-state index contributed by atoms with van der Waals surface area (Å²) in [5.41, 5.74) is 5.84. The van der Waals surface area contributed by atoms with E-state index < -0.39 is 0 Å². The Bertz CT molecular complexity index is 374. The first-order valence-corrected chi connectivity index (χ1v) is 5.76. The molecule has 1 amide bonds. The first-order valence-electron chi connectivity index (χ1n) is 5.76. The summed E-state index contributed by atoms with van der Waals surface area (Å²) in [6.45, 7) is 4.18. The molecule has 1 aromatic heterocycles. The van der Waals surface area contributed by atoms with Crippen LogP contribution >= 0.6 is 0 Å². The maximum Gasteiger partial charge on any atom is 0.239 e. The van der Waals surface area contributed by atoms with E-state index in [-0.39, 0.29) is 11.9 Å². The molecule has 0 spiro atoms. The number of nitrogens with two attached hydrogens (primary N) is 1. The molecule has 88 valence electrons. The van der Waals surface area contributed by atoms with E-state index in [4.69, 9.17) is 5.73 Å². The Morgan fingerprint density at radius 3 is 3.19 bits per heavy atom. The van der Waals surface area contributed by atoms with Crippen molar-refractivity contribution in [2.24, 2.45) is 5.73 Å². The van der Waals surface area contributed by atoms with Gasteiger partial charge in [0.1, 0.15) is 5.82 Å². The van der Waals surface area contributed by atoms with Gasteiger partial charge in [-0.2, -0.15) is 0 Å². The van der Waals surface area contributed by atoms with Crippen molar-refractivity contribution in [2.75, 3.05) is 6.54 Å². The van der Waals surface area contributed by atoms with Gasteiger partial charge in [0.15, 0.2) is 0 Å². The van der Waals surface area contributed by atoms with Gasteiger partial charge in [0, 0.05) is 25.5 Å². The smallest absolute Gasteiger partial charge is 0.239 e. The largest absolute Gasteiger partial charge is 0.332 e. The molecule has 1 atom stereocenters. The highest BCUT2D eigenvalue weighted by Gasteiger charge is 2.24. The molecule has 5 nitrogen and oxygen atoms in total. The van der Waals surface area contributed by atoms with E-state index in [1.807, 2.05) is 18.0 Å². The van der Waals surface area contributed by atoms with Crippen molar-refractivity contribution in [3.63, 3.8) is 0 Å². The number of rotatable bonds is 3. The average Bonchev–Trinajstić information content (AvgIpc) is 2.75. The van der Waals surface area contributed by atoms with Crippen molar-refractivity contribution in [3.05, 3.63) is 18.2 Å². The van der Waals surface area contributed by atoms with E-state index >= 15 is 0 Å². The van der Waals surface area contributed by atoms with E-state index in [9.17, 15) is 4.79 Å². The molecule has 16 heavy (non-hydrogen) atoms. The molecule has 5 heteroatoms. The minimum atomic E-state index is -0.355. The van der Waals surface area contributed by atoms with E-state index in [0.717, 1.165) is 31.8 Å². The van der Waals surface area contributed by atoms with Crippen LogP contribution in [0.3, 0.4) is 0 Å². The van der Waals surface area contributed by atoms with Crippen LogP contribution in [0.4, 0.5) is 0 Å². The number of hydrogen-bond donors (Lipinski definition) is 1. The molecule has 0 bridgehead atoms. The molecule has 0 saturated carbocycles. The Hall–Kier alpha value is -1.36. The quantitative estimate of drug-likeness (QED) is 0.802. The van der Waals surface area contributed by atoms with Crippen LogP contribution in [0.25, 0.3) is 0 Å². The van der Waals surface area contributed by atoms with Crippen molar-refractivity contribution >= 4 is 5.91 Å². The highest BCUT2D eigenvalue weighted by Crippen LogP contribution is 2.12. The lowest BCUT2D eigenvalue weighted by Gasteiger charge is -2.29. The lowest BCUT2D eigenvalue weighted by molar-refractivity contribution is -0.134. The zero-order valence-corrected chi connectivity index (χ0v) is 9.59. The summed E-state index contributed by atoms with van der Waals surface area (Å²) in [5, 5.41) is 0. The van der Waals surface area contributed by atoms with Crippen molar-refractivity contribution in [1.82, 2.24) is 14.5 Å². The Kier molecular flexibility index (Phi) is 3.24. The molecule has 2 rings (SSSR count). The first-order chi connectivity index (χ1) is 7.72. The zero-order valence-electron chi connectivity index (χ0n) is 9.59. The number of fused-ring (bicyclic) bond motifs is 1. The number of imidazole rings is 1. The Morgan fingerprint density at radius 2 is 2.44 bits per heavy atom. The number of carbonyl (C=O) groups excluding carboxylic acids is 1. The molecular weight excluding hydrogens is 204 g/mol. The lowest BCUT2D eigenvalue weighted by atomic mass is 10.1. The third kappa shape index (κ3) is 2.09. The summed E-state index contributed by atoms with van der Waals surface area (Å²) >= 11 is 0. The molecule has 1 aliphatic rings. The van der Waals surface area contributed by atoms with Crippen LogP contribution in [0.15, 0.2) is 12.4 Å². The molecule has 0 radical (unpaired) electrons. The van der Waals surface area contributed by atoms with Gasteiger partial charge in [-0.15, -0.1) is 0 Å². The fourth-order valence-corrected chi connectivity index (χ4v) is 2.03. The van der Waals surface area contributed by atoms with Gasteiger partial charge >= 0.3 is 0 Å². The van der Waals surface area contributed by atoms with E-state index in [0.29, 0.717) is 6.54 Å². The molecule has 0 saturated heterocycles. The molecule has 0 aliphatic carbocycles. The Morgan fingerprint density at radius 1 is 1.62 bits per heavy atom. The van der Waals surface area contributed by atoms with Crippen LogP contribution in [-0.2, 0) is 17.9 Å². The minimum absolute atomic E-state index is 0.0519. The van der Waals surface area contributed by atoms with Gasteiger partial charge < -0.3 is 15.2 Å². The molecule has 1 aliphatic heterocycles. The molecule has 0 unspecified atom stereocenters. The van der Waals surface area contributed by atoms with Gasteiger partial charge in [0.05, 0.1) is 12.6 Å². The fraction of sp³-hybridized carbons (Fsp3) is 0.636. The predicted octanol–water partition coefficient (Wildman–Crippen LogP) is 0.353. The van der Waals surface area contributed by atoms with E-state index in [2.05, 4.69) is 9.55 Å². The molecule has 0 fully saturated rings. The van der Waals surface area contributed by atoms with Crippen molar-refractivity contribution in [3.8, 4) is 0 Å². The van der Waals surface area contributed by atoms with Gasteiger partial charge in [0.25, 0.3) is 0 Å². The van der Waals surface area contributed by atoms with Crippen LogP contribution in [0.1, 0.15) is 25.6 Å². The fourth-order valence-electron chi connectivity index (χ4n) is 2.03. The topological polar surface area (TPSA) is 64.2 Å². The van der Waals surface area contributed by atoms with Gasteiger partial charge in [-0.05, 0) is 6.42 Å². The van der Waals surface area contributed by atoms with E-state index in [1.54, 1.807) is 6.20 Å². The zero-order chi connectivity index (χ0) is 11.5. The number of amides is 1. The summed E-state index contributed by atoms with van der Waals surface area (Å²) in [5.74, 6) is 0.999. The third-order valence-corrected chi connectivity index (χ3v) is 2.97. The summed E-state index contributed by atoms with van der Waals surface area (Å²) in [4.78, 5) is 18.0. The van der Waals surface area contributed by atoms with Crippen molar-refractivity contribution in [1.29, 1.82) is 0 Å². The normalized spacial score (nSPS) is 17.0. The number of aromatic nitrogens is 2. The second kappa shape index (κ2) is 4.65. The SMILES string of the molecule is CCC[C@H](N)C(=O)N1CCn2ccnc2C1. The molecule has 2 N–H and O–H groups in total. The summed E-state index contributed by atoms with van der Waals surface area (Å²) < 4.78 is 2.08. The van der Waals surface area contributed by atoms with Crippen LogP contribution in [0.5, 0.6) is 0 Å². The maximum absolute atomic E-state index is 12.0. The number of carbonyl (C=O) groups is 1. The standard InChI is InChI=1S/C11H18N4O/c1-2-3-9(12)11(16)15-7-6-14-5-4-13-10(14)8-15/h4-5,9H,2-3,6-8,12H2,1H3/t9-/m0/s1. The minimum Gasteiger partial charge on any atom is -0.332 e. The third-order valence-electron chi connectivity index (χ3n) is 2.97. The second-order valence-electron chi connectivity index (χ2n) is 4.19. The van der Waals surface area contributed by atoms with Gasteiger partial charge in [-0.3, -0.25) is 4.79 Å². The summed E-state index contributed by atoms with van der Waals surface area (Å²) in [7, 11) is 0. The first kappa shape index (κ1) is 11.1. The van der Waals surface area contributed by atoms with Gasteiger partial charge in [0.2, 0.25) is 5.91 Å².